The molecule has 0 aromatic heterocycles. The lowest BCUT2D eigenvalue weighted by Crippen LogP contribution is -2.53. The van der Waals surface area contributed by atoms with Gasteiger partial charge in [-0.15, -0.1) is 0 Å². The maximum Gasteiger partial charge on any atom is 0.253 e. The summed E-state index contributed by atoms with van der Waals surface area (Å²) in [6.07, 6.45) is 0. The van der Waals surface area contributed by atoms with E-state index in [0.717, 1.165) is 35.3 Å². The van der Waals surface area contributed by atoms with Crippen LogP contribution >= 0.6 is 34.8 Å². The van der Waals surface area contributed by atoms with Crippen LogP contribution in [0.15, 0.2) is 24.3 Å². The molecule has 1 heterocycles. The van der Waals surface area contributed by atoms with Gasteiger partial charge in [0, 0.05) is 35.3 Å². The number of nitrogens with two attached hydrogens (primary N) is 1. The number of halogens is 1. The summed E-state index contributed by atoms with van der Waals surface area (Å²) >= 11 is 7.26. The highest BCUT2D eigenvalue weighted by atomic mass is 127. The Balaban J connectivity index is 1.95. The molecule has 108 valence electrons. The van der Waals surface area contributed by atoms with Gasteiger partial charge in [0.25, 0.3) is 5.91 Å². The van der Waals surface area contributed by atoms with Crippen LogP contribution in [0.5, 0.6) is 0 Å². The minimum Gasteiger partial charge on any atom is -0.392 e. The molecule has 20 heavy (non-hydrogen) atoms. The first-order valence-electron chi connectivity index (χ1n) is 6.57. The van der Waals surface area contributed by atoms with Crippen LogP contribution in [-0.2, 0) is 0 Å². The number of amides is 1. The normalized spacial score (nSPS) is 17.8. The Morgan fingerprint density at radius 2 is 1.80 bits per heavy atom. The van der Waals surface area contributed by atoms with E-state index < -0.39 is 0 Å². The van der Waals surface area contributed by atoms with Crippen molar-refractivity contribution >= 4 is 45.7 Å². The molecule has 2 rings (SSSR count). The number of thiocarbonyl (C=S) groups is 1. The average Bonchev–Trinajstić information content (AvgIpc) is 2.46. The first-order valence-corrected chi connectivity index (χ1v) is 8.06. The molecule has 2 N–H and O–H groups in total. The van der Waals surface area contributed by atoms with E-state index in [0.29, 0.717) is 4.99 Å². The maximum atomic E-state index is 12.4. The van der Waals surface area contributed by atoms with Gasteiger partial charge in [0.1, 0.15) is 0 Å². The van der Waals surface area contributed by atoms with E-state index in [2.05, 4.69) is 27.5 Å². The predicted octanol–water partition coefficient (Wildman–Crippen LogP) is 1.72. The maximum absolute atomic E-state index is 12.4. The van der Waals surface area contributed by atoms with Crippen LogP contribution in [-0.4, -0.2) is 52.9 Å². The van der Waals surface area contributed by atoms with Crippen LogP contribution in [0.2, 0.25) is 0 Å². The van der Waals surface area contributed by atoms with Gasteiger partial charge in [-0.1, -0.05) is 12.2 Å². The zero-order chi connectivity index (χ0) is 14.7. The number of nitrogens with zero attached hydrogens (tertiary/aromatic N) is 2. The lowest BCUT2D eigenvalue weighted by Gasteiger charge is -2.37. The molecule has 0 radical (unpaired) electrons. The summed E-state index contributed by atoms with van der Waals surface area (Å²) < 4.78 is 1.13. The van der Waals surface area contributed by atoms with Crippen molar-refractivity contribution in [3.05, 3.63) is 33.4 Å². The number of hydrogen-bond acceptors (Lipinski definition) is 3. The summed E-state index contributed by atoms with van der Waals surface area (Å²) in [6, 6.07) is 7.78. The molecule has 1 atom stereocenters. The van der Waals surface area contributed by atoms with Gasteiger partial charge < -0.3 is 10.6 Å². The molecule has 0 aliphatic carbocycles. The molecule has 1 unspecified atom stereocenters. The summed E-state index contributed by atoms with van der Waals surface area (Å²) in [7, 11) is 0. The van der Waals surface area contributed by atoms with E-state index in [4.69, 9.17) is 18.0 Å². The highest BCUT2D eigenvalue weighted by Gasteiger charge is 2.25. The predicted molar refractivity (Wildman–Crippen MR) is 92.9 cm³/mol. The largest absolute Gasteiger partial charge is 0.392 e. The molecule has 4 nitrogen and oxygen atoms in total. The molecular formula is C14H18IN3OS. The third-order valence-corrected chi connectivity index (χ3v) is 4.71. The van der Waals surface area contributed by atoms with Crippen LogP contribution < -0.4 is 5.73 Å². The van der Waals surface area contributed by atoms with E-state index in [-0.39, 0.29) is 11.9 Å². The van der Waals surface area contributed by atoms with Crippen molar-refractivity contribution in [2.24, 2.45) is 5.73 Å². The van der Waals surface area contributed by atoms with Gasteiger partial charge in [-0.2, -0.15) is 0 Å². The lowest BCUT2D eigenvalue weighted by atomic mass is 10.1. The molecule has 1 saturated heterocycles. The Bertz CT molecular complexity index is 498. The van der Waals surface area contributed by atoms with Crippen LogP contribution in [0.3, 0.4) is 0 Å². The molecule has 1 aliphatic rings. The Kier molecular flexibility index (Phi) is 5.34. The summed E-state index contributed by atoms with van der Waals surface area (Å²) in [5.41, 5.74) is 6.43. The Morgan fingerprint density at radius 1 is 1.25 bits per heavy atom. The first-order chi connectivity index (χ1) is 9.49. The fourth-order valence-electron chi connectivity index (χ4n) is 2.27. The van der Waals surface area contributed by atoms with Gasteiger partial charge >= 0.3 is 0 Å². The van der Waals surface area contributed by atoms with Crippen LogP contribution in [0.4, 0.5) is 0 Å². The smallest absolute Gasteiger partial charge is 0.253 e. The van der Waals surface area contributed by atoms with E-state index in [1.54, 1.807) is 0 Å². The Hall–Kier alpha value is -0.730. The van der Waals surface area contributed by atoms with E-state index in [1.807, 2.05) is 36.1 Å². The first kappa shape index (κ1) is 15.7. The zero-order valence-electron chi connectivity index (χ0n) is 11.4. The molecule has 0 saturated carbocycles. The van der Waals surface area contributed by atoms with Crippen LogP contribution in [0.1, 0.15) is 17.3 Å². The number of benzene rings is 1. The van der Waals surface area contributed by atoms with Gasteiger partial charge in [-0.25, -0.2) is 0 Å². The second-order valence-electron chi connectivity index (χ2n) is 4.91. The zero-order valence-corrected chi connectivity index (χ0v) is 14.4. The summed E-state index contributed by atoms with van der Waals surface area (Å²) in [5.74, 6) is 0.101. The number of hydrogen-bond donors (Lipinski definition) is 1. The van der Waals surface area contributed by atoms with Crippen molar-refractivity contribution in [2.45, 2.75) is 13.0 Å². The highest BCUT2D eigenvalue weighted by molar-refractivity contribution is 14.1. The third kappa shape index (κ3) is 3.67. The van der Waals surface area contributed by atoms with Crippen LogP contribution in [0, 0.1) is 3.57 Å². The Labute approximate surface area is 138 Å². The van der Waals surface area contributed by atoms with Crippen molar-refractivity contribution in [1.29, 1.82) is 0 Å². The summed E-state index contributed by atoms with van der Waals surface area (Å²) in [4.78, 5) is 17.0. The molecule has 1 aromatic carbocycles. The fraction of sp³-hybridized carbons (Fsp3) is 0.429. The fourth-order valence-corrected chi connectivity index (χ4v) is 2.78. The Morgan fingerprint density at radius 3 is 2.30 bits per heavy atom. The SMILES string of the molecule is CC(C(N)=S)N1CCN(C(=O)c2ccc(I)cc2)CC1. The second kappa shape index (κ2) is 6.82. The monoisotopic (exact) mass is 403 g/mol. The minimum atomic E-state index is 0.0977. The molecular weight excluding hydrogens is 385 g/mol. The molecule has 0 bridgehead atoms. The summed E-state index contributed by atoms with van der Waals surface area (Å²) in [6.45, 7) is 5.08. The number of carbonyl (C=O) groups is 1. The van der Waals surface area contributed by atoms with Gasteiger partial charge in [0.05, 0.1) is 11.0 Å². The van der Waals surface area contributed by atoms with Gasteiger partial charge in [0.15, 0.2) is 0 Å². The van der Waals surface area contributed by atoms with Crippen molar-refractivity contribution in [3.8, 4) is 0 Å². The second-order valence-corrected chi connectivity index (χ2v) is 6.63. The molecule has 0 spiro atoms. The average molecular weight is 403 g/mol. The number of carbonyl (C=O) groups excluding carboxylic acids is 1. The summed E-state index contributed by atoms with van der Waals surface area (Å²) in [5, 5.41) is 0. The number of rotatable bonds is 3. The van der Waals surface area contributed by atoms with Crippen molar-refractivity contribution in [2.75, 3.05) is 26.2 Å². The minimum absolute atomic E-state index is 0.0977. The van der Waals surface area contributed by atoms with Gasteiger partial charge in [-0.3, -0.25) is 9.69 Å². The van der Waals surface area contributed by atoms with E-state index in [1.165, 1.54) is 0 Å². The van der Waals surface area contributed by atoms with E-state index in [9.17, 15) is 4.79 Å². The number of piperazine rings is 1. The van der Waals surface area contributed by atoms with Gasteiger partial charge in [-0.05, 0) is 53.8 Å². The highest BCUT2D eigenvalue weighted by Crippen LogP contribution is 2.12. The van der Waals surface area contributed by atoms with Gasteiger partial charge in [0.2, 0.25) is 0 Å². The molecule has 6 heteroatoms. The van der Waals surface area contributed by atoms with Crippen molar-refractivity contribution in [1.82, 2.24) is 9.80 Å². The lowest BCUT2D eigenvalue weighted by molar-refractivity contribution is 0.0621. The topological polar surface area (TPSA) is 49.6 Å². The third-order valence-electron chi connectivity index (χ3n) is 3.65. The van der Waals surface area contributed by atoms with Crippen molar-refractivity contribution < 1.29 is 4.79 Å². The molecule has 1 aliphatic heterocycles. The van der Waals surface area contributed by atoms with E-state index >= 15 is 0 Å². The van der Waals surface area contributed by atoms with Crippen molar-refractivity contribution in [3.63, 3.8) is 0 Å². The standard InChI is InChI=1S/C14H18IN3OS/c1-10(13(16)20)17-6-8-18(9-7-17)14(19)11-2-4-12(15)5-3-11/h2-5,10H,6-9H2,1H3,(H2,16,20). The molecule has 1 amide bonds. The van der Waals surface area contributed by atoms with Crippen LogP contribution in [0.25, 0.3) is 0 Å². The quantitative estimate of drug-likeness (QED) is 0.617. The molecule has 1 fully saturated rings. The molecule has 1 aromatic rings.